The monoisotopic (exact) mass is 486 g/mol. The summed E-state index contributed by atoms with van der Waals surface area (Å²) in [5.41, 5.74) is 3.00. The molecule has 9 heteroatoms. The van der Waals surface area contributed by atoms with Crippen LogP contribution in [0.15, 0.2) is 58.7 Å². The Bertz CT molecular complexity index is 1100. The number of phenols is 1. The summed E-state index contributed by atoms with van der Waals surface area (Å²) in [4.78, 5) is 4.57. The summed E-state index contributed by atoms with van der Waals surface area (Å²) in [5, 5.41) is 22.8. The van der Waals surface area contributed by atoms with Gasteiger partial charge in [0.2, 0.25) is 11.0 Å². The third-order valence-electron chi connectivity index (χ3n) is 4.32. The number of thioether (sulfide) groups is 1. The minimum absolute atomic E-state index is 0.0436. The lowest BCUT2D eigenvalue weighted by Crippen LogP contribution is -2.17. The number of halogens is 1. The average molecular weight is 487 g/mol. The van der Waals surface area contributed by atoms with Crippen molar-refractivity contribution >= 4 is 33.4 Å². The first-order chi connectivity index (χ1) is 14.6. The first-order valence-electron chi connectivity index (χ1n) is 9.27. The Balaban J connectivity index is 1.80. The SMILES string of the molecule is C=CCSc1nnc2c(n1)OC(c1cc(Br)c(O)c(OCC)c1)Nc1ccccc1-2. The fourth-order valence-electron chi connectivity index (χ4n) is 3.00. The first kappa shape index (κ1) is 20.5. The zero-order chi connectivity index (χ0) is 21.1. The number of nitrogens with one attached hydrogen (secondary N) is 1. The number of anilines is 1. The van der Waals surface area contributed by atoms with Gasteiger partial charge in [-0.15, -0.1) is 16.8 Å². The fourth-order valence-corrected chi connectivity index (χ4v) is 3.98. The molecule has 2 heterocycles. The molecule has 1 aromatic heterocycles. The molecular formula is C21H19BrN4O3S. The van der Waals surface area contributed by atoms with Crippen molar-refractivity contribution in [2.45, 2.75) is 18.3 Å². The maximum absolute atomic E-state index is 10.3. The number of para-hydroxylation sites is 1. The number of hydrogen-bond donors (Lipinski definition) is 2. The lowest BCUT2D eigenvalue weighted by Gasteiger charge is -2.21. The van der Waals surface area contributed by atoms with Crippen LogP contribution in [0.5, 0.6) is 17.4 Å². The molecule has 1 atom stereocenters. The van der Waals surface area contributed by atoms with Gasteiger partial charge in [-0.2, -0.15) is 4.98 Å². The maximum atomic E-state index is 10.3. The van der Waals surface area contributed by atoms with E-state index >= 15 is 0 Å². The Labute approximate surface area is 186 Å². The van der Waals surface area contributed by atoms with Crippen LogP contribution in [0.3, 0.4) is 0 Å². The van der Waals surface area contributed by atoms with Crippen LogP contribution in [0.4, 0.5) is 5.69 Å². The molecule has 0 saturated carbocycles. The summed E-state index contributed by atoms with van der Waals surface area (Å²) >= 11 is 4.82. The quantitative estimate of drug-likeness (QED) is 0.363. The van der Waals surface area contributed by atoms with Gasteiger partial charge in [0.15, 0.2) is 23.4 Å². The highest BCUT2D eigenvalue weighted by Gasteiger charge is 2.27. The van der Waals surface area contributed by atoms with Gasteiger partial charge in [0, 0.05) is 22.6 Å². The van der Waals surface area contributed by atoms with E-state index in [0.717, 1.165) is 16.8 Å². The summed E-state index contributed by atoms with van der Waals surface area (Å²) in [5.74, 6) is 1.46. The van der Waals surface area contributed by atoms with Gasteiger partial charge in [0.25, 0.3) is 0 Å². The number of nitrogens with zero attached hydrogens (tertiary/aromatic N) is 3. The number of aromatic hydroxyl groups is 1. The molecule has 4 rings (SSSR count). The molecule has 0 radical (unpaired) electrons. The normalized spacial score (nSPS) is 14.5. The predicted molar refractivity (Wildman–Crippen MR) is 120 cm³/mol. The standard InChI is InChI=1S/C21H19BrN4O3S/c1-3-9-30-21-24-20-17(25-26-21)13-7-5-6-8-15(13)23-19(29-20)12-10-14(22)18(27)16(11-12)28-4-2/h3,5-8,10-11,19,23,27H,1,4,9H2,2H3. The van der Waals surface area contributed by atoms with Crippen molar-refractivity contribution in [1.29, 1.82) is 0 Å². The molecule has 0 aliphatic carbocycles. The van der Waals surface area contributed by atoms with Gasteiger partial charge in [0.05, 0.1) is 11.1 Å². The van der Waals surface area contributed by atoms with Crippen molar-refractivity contribution in [2.75, 3.05) is 17.7 Å². The first-order valence-corrected chi connectivity index (χ1v) is 11.0. The van der Waals surface area contributed by atoms with E-state index in [-0.39, 0.29) is 5.75 Å². The average Bonchev–Trinajstić information content (AvgIpc) is 2.92. The Morgan fingerprint density at radius 3 is 2.97 bits per heavy atom. The molecule has 0 spiro atoms. The highest BCUT2D eigenvalue weighted by Crippen LogP contribution is 2.42. The van der Waals surface area contributed by atoms with Crippen LogP contribution in [0, 0.1) is 0 Å². The third-order valence-corrected chi connectivity index (χ3v) is 5.76. The van der Waals surface area contributed by atoms with E-state index in [1.54, 1.807) is 18.2 Å². The second-order valence-electron chi connectivity index (χ2n) is 6.32. The number of ether oxygens (including phenoxy) is 2. The molecule has 0 bridgehead atoms. The van der Waals surface area contributed by atoms with E-state index in [2.05, 4.69) is 43.0 Å². The zero-order valence-electron chi connectivity index (χ0n) is 16.1. The van der Waals surface area contributed by atoms with Crippen molar-refractivity contribution in [3.05, 3.63) is 59.1 Å². The zero-order valence-corrected chi connectivity index (χ0v) is 18.5. The van der Waals surface area contributed by atoms with Gasteiger partial charge in [-0.25, -0.2) is 0 Å². The number of benzene rings is 2. The lowest BCUT2D eigenvalue weighted by atomic mass is 10.1. The molecule has 30 heavy (non-hydrogen) atoms. The Kier molecular flexibility index (Phi) is 6.10. The topological polar surface area (TPSA) is 89.4 Å². The molecule has 1 aliphatic rings. The van der Waals surface area contributed by atoms with E-state index in [0.29, 0.717) is 39.3 Å². The van der Waals surface area contributed by atoms with Crippen LogP contribution in [0.25, 0.3) is 11.3 Å². The predicted octanol–water partition coefficient (Wildman–Crippen LogP) is 5.19. The Hall–Kier alpha value is -2.78. The molecule has 1 unspecified atom stereocenters. The number of fused-ring (bicyclic) bond motifs is 3. The molecule has 1 aliphatic heterocycles. The van der Waals surface area contributed by atoms with Crippen LogP contribution >= 0.6 is 27.7 Å². The summed E-state index contributed by atoms with van der Waals surface area (Å²) < 4.78 is 12.3. The molecule has 154 valence electrons. The largest absolute Gasteiger partial charge is 0.503 e. The van der Waals surface area contributed by atoms with E-state index in [4.69, 9.17) is 9.47 Å². The van der Waals surface area contributed by atoms with E-state index in [9.17, 15) is 5.11 Å². The van der Waals surface area contributed by atoms with Crippen molar-refractivity contribution in [3.63, 3.8) is 0 Å². The Morgan fingerprint density at radius 1 is 1.33 bits per heavy atom. The maximum Gasteiger partial charge on any atom is 0.247 e. The number of phenolic OH excluding ortho intramolecular Hbond substituents is 1. The molecule has 2 N–H and O–H groups in total. The molecule has 2 aromatic carbocycles. The lowest BCUT2D eigenvalue weighted by molar-refractivity contribution is 0.224. The number of rotatable bonds is 6. The highest BCUT2D eigenvalue weighted by molar-refractivity contribution is 9.10. The Morgan fingerprint density at radius 2 is 2.17 bits per heavy atom. The molecule has 3 aromatic rings. The van der Waals surface area contributed by atoms with Crippen LogP contribution in [-0.4, -0.2) is 32.6 Å². The van der Waals surface area contributed by atoms with Crippen LogP contribution < -0.4 is 14.8 Å². The molecule has 0 fully saturated rings. The van der Waals surface area contributed by atoms with Crippen LogP contribution in [0.2, 0.25) is 0 Å². The summed E-state index contributed by atoms with van der Waals surface area (Å²) in [7, 11) is 0. The van der Waals surface area contributed by atoms with Gasteiger partial charge < -0.3 is 19.9 Å². The van der Waals surface area contributed by atoms with Gasteiger partial charge in [0.1, 0.15) is 0 Å². The van der Waals surface area contributed by atoms with Gasteiger partial charge in [-0.3, -0.25) is 0 Å². The number of aromatic nitrogens is 3. The third kappa shape index (κ3) is 4.08. The van der Waals surface area contributed by atoms with Gasteiger partial charge in [-0.05, 0) is 41.1 Å². The van der Waals surface area contributed by atoms with E-state index in [1.165, 1.54) is 11.8 Å². The second kappa shape index (κ2) is 8.93. The molecule has 0 amide bonds. The molecule has 0 saturated heterocycles. The van der Waals surface area contributed by atoms with Gasteiger partial charge in [-0.1, -0.05) is 36.0 Å². The van der Waals surface area contributed by atoms with Crippen molar-refractivity contribution in [1.82, 2.24) is 15.2 Å². The second-order valence-corrected chi connectivity index (χ2v) is 8.16. The smallest absolute Gasteiger partial charge is 0.247 e. The summed E-state index contributed by atoms with van der Waals surface area (Å²) in [6.07, 6.45) is 1.20. The van der Waals surface area contributed by atoms with Crippen molar-refractivity contribution < 1.29 is 14.6 Å². The molecular weight excluding hydrogens is 468 g/mol. The van der Waals surface area contributed by atoms with Crippen molar-refractivity contribution in [3.8, 4) is 28.6 Å². The van der Waals surface area contributed by atoms with Crippen LogP contribution in [0.1, 0.15) is 18.7 Å². The minimum Gasteiger partial charge on any atom is -0.503 e. The van der Waals surface area contributed by atoms with E-state index < -0.39 is 6.23 Å². The molecule has 7 nitrogen and oxygen atoms in total. The van der Waals surface area contributed by atoms with E-state index in [1.807, 2.05) is 31.2 Å². The van der Waals surface area contributed by atoms with Gasteiger partial charge >= 0.3 is 0 Å². The summed E-state index contributed by atoms with van der Waals surface area (Å²) in [6, 6.07) is 11.3. The van der Waals surface area contributed by atoms with Crippen LogP contribution in [-0.2, 0) is 0 Å². The minimum atomic E-state index is -0.586. The highest BCUT2D eigenvalue weighted by atomic mass is 79.9. The van der Waals surface area contributed by atoms with Crippen molar-refractivity contribution in [2.24, 2.45) is 0 Å². The fraction of sp³-hybridized carbons (Fsp3) is 0.190. The summed E-state index contributed by atoms with van der Waals surface area (Å²) in [6.45, 7) is 6.01. The number of hydrogen-bond acceptors (Lipinski definition) is 8.